The number of ether oxygens (including phenoxy) is 1. The standard InChI is InChI=1S/C8H12F3NO2.ClH/c1-14-7(13)5-2-3-12-4-6(5)8(9,10)11;/h5-6,12H,2-4H2,1H3;1H. The number of alkyl halides is 3. The van der Waals surface area contributed by atoms with E-state index in [9.17, 15) is 18.0 Å². The van der Waals surface area contributed by atoms with Crippen molar-refractivity contribution in [2.45, 2.75) is 12.6 Å². The Hall–Kier alpha value is -0.490. The molecule has 0 amide bonds. The van der Waals surface area contributed by atoms with Crippen LogP contribution in [-0.2, 0) is 9.53 Å². The van der Waals surface area contributed by atoms with Crippen molar-refractivity contribution in [3.05, 3.63) is 0 Å². The quantitative estimate of drug-likeness (QED) is 0.712. The molecule has 2 unspecified atom stereocenters. The molecule has 1 saturated heterocycles. The fraction of sp³-hybridized carbons (Fsp3) is 0.875. The first kappa shape index (κ1) is 14.5. The first-order valence-electron chi connectivity index (χ1n) is 4.32. The average Bonchev–Trinajstić information content (AvgIpc) is 2.15. The Morgan fingerprint density at radius 2 is 2.07 bits per heavy atom. The number of piperidine rings is 1. The molecule has 1 N–H and O–H groups in total. The van der Waals surface area contributed by atoms with E-state index in [0.29, 0.717) is 6.54 Å². The molecule has 0 spiro atoms. The van der Waals surface area contributed by atoms with Crippen LogP contribution in [-0.4, -0.2) is 32.3 Å². The molecule has 0 bridgehead atoms. The minimum atomic E-state index is -4.34. The number of hydrogen-bond acceptors (Lipinski definition) is 3. The van der Waals surface area contributed by atoms with Gasteiger partial charge in [0.05, 0.1) is 18.9 Å². The molecule has 7 heteroatoms. The van der Waals surface area contributed by atoms with Crippen molar-refractivity contribution in [1.82, 2.24) is 5.32 Å². The molecule has 0 aromatic carbocycles. The highest BCUT2D eigenvalue weighted by Gasteiger charge is 2.48. The van der Waals surface area contributed by atoms with E-state index >= 15 is 0 Å². The zero-order chi connectivity index (χ0) is 10.8. The third kappa shape index (κ3) is 3.53. The normalized spacial score (nSPS) is 26.7. The third-order valence-corrected chi connectivity index (χ3v) is 2.41. The van der Waals surface area contributed by atoms with Gasteiger partial charge in [-0.25, -0.2) is 0 Å². The molecule has 2 atom stereocenters. The van der Waals surface area contributed by atoms with Crippen LogP contribution in [0.1, 0.15) is 6.42 Å². The lowest BCUT2D eigenvalue weighted by Gasteiger charge is -2.31. The minimum Gasteiger partial charge on any atom is -0.469 e. The topological polar surface area (TPSA) is 38.3 Å². The fourth-order valence-electron chi connectivity index (χ4n) is 1.64. The molecule has 0 aromatic heterocycles. The molecule has 90 valence electrons. The number of carbonyl (C=O) groups is 1. The monoisotopic (exact) mass is 247 g/mol. The van der Waals surface area contributed by atoms with Crippen LogP contribution in [0.5, 0.6) is 0 Å². The molecule has 15 heavy (non-hydrogen) atoms. The van der Waals surface area contributed by atoms with E-state index in [0.717, 1.165) is 7.11 Å². The molecular formula is C8H13ClF3NO2. The van der Waals surface area contributed by atoms with E-state index in [1.807, 2.05) is 0 Å². The van der Waals surface area contributed by atoms with Gasteiger partial charge in [0.2, 0.25) is 0 Å². The lowest BCUT2D eigenvalue weighted by Crippen LogP contribution is -2.47. The van der Waals surface area contributed by atoms with Crippen molar-refractivity contribution in [3.8, 4) is 0 Å². The number of halogens is 4. The van der Waals surface area contributed by atoms with Crippen molar-refractivity contribution >= 4 is 18.4 Å². The summed E-state index contributed by atoms with van der Waals surface area (Å²) in [6.07, 6.45) is -4.16. The number of nitrogens with one attached hydrogen (secondary N) is 1. The number of rotatable bonds is 1. The van der Waals surface area contributed by atoms with Gasteiger partial charge in [0, 0.05) is 6.54 Å². The van der Waals surface area contributed by atoms with Gasteiger partial charge in [-0.3, -0.25) is 4.79 Å². The zero-order valence-corrected chi connectivity index (χ0v) is 8.95. The Morgan fingerprint density at radius 3 is 2.53 bits per heavy atom. The molecule has 0 aliphatic carbocycles. The highest BCUT2D eigenvalue weighted by atomic mass is 35.5. The van der Waals surface area contributed by atoms with Gasteiger partial charge in [0.25, 0.3) is 0 Å². The lowest BCUT2D eigenvalue weighted by molar-refractivity contribution is -0.200. The van der Waals surface area contributed by atoms with E-state index in [2.05, 4.69) is 10.1 Å². The second kappa shape index (κ2) is 5.55. The molecule has 1 fully saturated rings. The molecule has 0 aromatic rings. The second-order valence-corrected chi connectivity index (χ2v) is 3.27. The van der Waals surface area contributed by atoms with Gasteiger partial charge in [-0.1, -0.05) is 0 Å². The summed E-state index contributed by atoms with van der Waals surface area (Å²) < 4.78 is 41.7. The van der Waals surface area contributed by atoms with Crippen LogP contribution in [0.15, 0.2) is 0 Å². The number of carbonyl (C=O) groups excluding carboxylic acids is 1. The van der Waals surface area contributed by atoms with Gasteiger partial charge in [0.1, 0.15) is 0 Å². The van der Waals surface area contributed by atoms with Crippen LogP contribution in [0.4, 0.5) is 13.2 Å². The first-order chi connectivity index (χ1) is 6.46. The van der Waals surface area contributed by atoms with Gasteiger partial charge < -0.3 is 10.1 Å². The van der Waals surface area contributed by atoms with Crippen LogP contribution in [0, 0.1) is 11.8 Å². The number of methoxy groups -OCH3 is 1. The van der Waals surface area contributed by atoms with Crippen LogP contribution in [0.25, 0.3) is 0 Å². The van der Waals surface area contributed by atoms with E-state index in [1.54, 1.807) is 0 Å². The first-order valence-corrected chi connectivity index (χ1v) is 4.32. The lowest BCUT2D eigenvalue weighted by atomic mass is 9.86. The maximum Gasteiger partial charge on any atom is 0.393 e. The Morgan fingerprint density at radius 1 is 1.47 bits per heavy atom. The zero-order valence-electron chi connectivity index (χ0n) is 8.13. The van der Waals surface area contributed by atoms with E-state index in [1.165, 1.54) is 0 Å². The summed E-state index contributed by atoms with van der Waals surface area (Å²) in [6.45, 7) is 0.218. The maximum absolute atomic E-state index is 12.4. The van der Waals surface area contributed by atoms with Gasteiger partial charge in [-0.2, -0.15) is 13.2 Å². The van der Waals surface area contributed by atoms with Crippen LogP contribution in [0.2, 0.25) is 0 Å². The van der Waals surface area contributed by atoms with Crippen molar-refractivity contribution in [2.24, 2.45) is 11.8 Å². The Bertz CT molecular complexity index is 222. The Balaban J connectivity index is 0.00000196. The molecule has 1 rings (SSSR count). The van der Waals surface area contributed by atoms with Crippen LogP contribution >= 0.6 is 12.4 Å². The van der Waals surface area contributed by atoms with Crippen LogP contribution in [0.3, 0.4) is 0 Å². The predicted octanol–water partition coefficient (Wildman–Crippen LogP) is 1.37. The van der Waals surface area contributed by atoms with Crippen LogP contribution < -0.4 is 5.32 Å². The van der Waals surface area contributed by atoms with Crippen molar-refractivity contribution in [2.75, 3.05) is 20.2 Å². The molecule has 1 aliphatic heterocycles. The number of esters is 1. The van der Waals surface area contributed by atoms with Crippen molar-refractivity contribution in [1.29, 1.82) is 0 Å². The van der Waals surface area contributed by atoms with E-state index in [4.69, 9.17) is 0 Å². The average molecular weight is 248 g/mol. The molecule has 0 saturated carbocycles. The van der Waals surface area contributed by atoms with Gasteiger partial charge in [-0.15, -0.1) is 12.4 Å². The second-order valence-electron chi connectivity index (χ2n) is 3.27. The summed E-state index contributed by atoms with van der Waals surface area (Å²) in [5.74, 6) is -3.45. The van der Waals surface area contributed by atoms with Crippen molar-refractivity contribution in [3.63, 3.8) is 0 Å². The van der Waals surface area contributed by atoms with Gasteiger partial charge in [0.15, 0.2) is 0 Å². The fourth-order valence-corrected chi connectivity index (χ4v) is 1.64. The predicted molar refractivity (Wildman–Crippen MR) is 49.8 cm³/mol. The molecule has 1 aliphatic rings. The summed E-state index contributed by atoms with van der Waals surface area (Å²) >= 11 is 0. The maximum atomic E-state index is 12.4. The highest BCUT2D eigenvalue weighted by molar-refractivity contribution is 5.85. The summed E-state index contributed by atoms with van der Waals surface area (Å²) in [7, 11) is 1.11. The summed E-state index contributed by atoms with van der Waals surface area (Å²) in [6, 6.07) is 0. The Labute approximate surface area is 91.8 Å². The summed E-state index contributed by atoms with van der Waals surface area (Å²) in [5, 5.41) is 2.62. The SMILES string of the molecule is COC(=O)C1CCNCC1C(F)(F)F.Cl. The third-order valence-electron chi connectivity index (χ3n) is 2.41. The van der Waals surface area contributed by atoms with Gasteiger partial charge >= 0.3 is 12.1 Å². The summed E-state index contributed by atoms with van der Waals surface area (Å²) in [5.41, 5.74) is 0. The highest BCUT2D eigenvalue weighted by Crippen LogP contribution is 2.35. The molecule has 0 radical (unpaired) electrons. The molecular weight excluding hydrogens is 235 g/mol. The largest absolute Gasteiger partial charge is 0.469 e. The Kier molecular flexibility index (Phi) is 5.37. The number of hydrogen-bond donors (Lipinski definition) is 1. The molecule has 3 nitrogen and oxygen atoms in total. The minimum absolute atomic E-state index is 0. The van der Waals surface area contributed by atoms with Crippen molar-refractivity contribution < 1.29 is 22.7 Å². The summed E-state index contributed by atoms with van der Waals surface area (Å²) in [4.78, 5) is 11.1. The van der Waals surface area contributed by atoms with E-state index in [-0.39, 0.29) is 25.4 Å². The molecule has 1 heterocycles. The van der Waals surface area contributed by atoms with E-state index < -0.39 is 24.0 Å². The van der Waals surface area contributed by atoms with Gasteiger partial charge in [-0.05, 0) is 13.0 Å². The smallest absolute Gasteiger partial charge is 0.393 e.